The van der Waals surface area contributed by atoms with Crippen LogP contribution in [0.3, 0.4) is 0 Å². The molecule has 0 aromatic carbocycles. The van der Waals surface area contributed by atoms with Crippen LogP contribution < -0.4 is 5.73 Å². The van der Waals surface area contributed by atoms with Crippen LogP contribution in [0.25, 0.3) is 0 Å². The van der Waals surface area contributed by atoms with Crippen molar-refractivity contribution < 1.29 is 4.79 Å². The van der Waals surface area contributed by atoms with E-state index in [9.17, 15) is 4.79 Å². The van der Waals surface area contributed by atoms with Gasteiger partial charge in [-0.2, -0.15) is 0 Å². The molecule has 2 N–H and O–H groups in total. The van der Waals surface area contributed by atoms with Crippen LogP contribution in [0.4, 0.5) is 0 Å². The standard InChI is InChI=1S/C9H16N2O/c1-2-6-11-7-4-3-5-8(10)9(11)12/h2,8H,1,3-7,10H2/t8-/m0/s1. The number of likely N-dealkylation sites (tertiary alicyclic amines) is 1. The van der Waals surface area contributed by atoms with Crippen molar-refractivity contribution in [3.8, 4) is 0 Å². The third-order valence-corrected chi connectivity index (χ3v) is 2.17. The molecule has 1 amide bonds. The normalized spacial score (nSPS) is 25.2. The molecule has 0 unspecified atom stereocenters. The Balaban J connectivity index is 2.57. The minimum atomic E-state index is -0.285. The summed E-state index contributed by atoms with van der Waals surface area (Å²) in [6.45, 7) is 5.07. The molecule has 0 saturated carbocycles. The van der Waals surface area contributed by atoms with E-state index in [1.165, 1.54) is 0 Å². The summed E-state index contributed by atoms with van der Waals surface area (Å²) in [5.41, 5.74) is 5.67. The molecule has 0 radical (unpaired) electrons. The second kappa shape index (κ2) is 4.26. The Kier molecular flexibility index (Phi) is 3.29. The molecule has 3 nitrogen and oxygen atoms in total. The van der Waals surface area contributed by atoms with Crippen molar-refractivity contribution in [1.29, 1.82) is 0 Å². The lowest BCUT2D eigenvalue weighted by molar-refractivity contribution is -0.131. The Morgan fingerprint density at radius 2 is 2.42 bits per heavy atom. The molecule has 12 heavy (non-hydrogen) atoms. The Hall–Kier alpha value is -0.830. The fourth-order valence-corrected chi connectivity index (χ4v) is 1.47. The van der Waals surface area contributed by atoms with Crippen LogP contribution in [-0.2, 0) is 4.79 Å². The lowest BCUT2D eigenvalue weighted by Crippen LogP contribution is -2.42. The zero-order valence-corrected chi connectivity index (χ0v) is 7.33. The smallest absolute Gasteiger partial charge is 0.239 e. The van der Waals surface area contributed by atoms with Gasteiger partial charge in [0.2, 0.25) is 5.91 Å². The van der Waals surface area contributed by atoms with Gasteiger partial charge >= 0.3 is 0 Å². The molecule has 1 aliphatic heterocycles. The molecule has 3 heteroatoms. The number of carbonyl (C=O) groups excluding carboxylic acids is 1. The number of amides is 1. The summed E-state index contributed by atoms with van der Waals surface area (Å²) in [6, 6.07) is -0.285. The van der Waals surface area contributed by atoms with Crippen molar-refractivity contribution in [2.45, 2.75) is 25.3 Å². The summed E-state index contributed by atoms with van der Waals surface area (Å²) in [4.78, 5) is 13.3. The van der Waals surface area contributed by atoms with Gasteiger partial charge in [-0.05, 0) is 19.3 Å². The molecular weight excluding hydrogens is 152 g/mol. The highest BCUT2D eigenvalue weighted by atomic mass is 16.2. The van der Waals surface area contributed by atoms with Crippen LogP contribution >= 0.6 is 0 Å². The quantitative estimate of drug-likeness (QED) is 0.611. The van der Waals surface area contributed by atoms with E-state index in [1.54, 1.807) is 11.0 Å². The predicted molar refractivity (Wildman–Crippen MR) is 48.6 cm³/mol. The molecule has 0 aromatic rings. The largest absolute Gasteiger partial charge is 0.338 e. The van der Waals surface area contributed by atoms with Crippen LogP contribution in [0.1, 0.15) is 19.3 Å². The summed E-state index contributed by atoms with van der Waals surface area (Å²) in [6.07, 6.45) is 4.69. The van der Waals surface area contributed by atoms with Gasteiger partial charge in [0.05, 0.1) is 6.04 Å². The molecular formula is C9H16N2O. The van der Waals surface area contributed by atoms with Gasteiger partial charge in [0.1, 0.15) is 0 Å². The highest BCUT2D eigenvalue weighted by Gasteiger charge is 2.22. The van der Waals surface area contributed by atoms with Crippen molar-refractivity contribution in [3.05, 3.63) is 12.7 Å². The van der Waals surface area contributed by atoms with E-state index in [0.717, 1.165) is 25.8 Å². The number of nitrogens with two attached hydrogens (primary N) is 1. The lowest BCUT2D eigenvalue weighted by atomic mass is 10.1. The van der Waals surface area contributed by atoms with Gasteiger partial charge in [0.15, 0.2) is 0 Å². The first-order valence-electron chi connectivity index (χ1n) is 4.41. The van der Waals surface area contributed by atoms with Crippen molar-refractivity contribution in [2.24, 2.45) is 5.73 Å². The number of nitrogens with zero attached hydrogens (tertiary/aromatic N) is 1. The first-order valence-corrected chi connectivity index (χ1v) is 4.41. The predicted octanol–water partition coefficient (Wildman–Crippen LogP) is 0.512. The summed E-state index contributed by atoms with van der Waals surface area (Å²) in [7, 11) is 0. The molecule has 1 heterocycles. The van der Waals surface area contributed by atoms with Gasteiger partial charge in [-0.3, -0.25) is 4.79 Å². The van der Waals surface area contributed by atoms with Crippen molar-refractivity contribution >= 4 is 5.91 Å². The second-order valence-electron chi connectivity index (χ2n) is 3.18. The maximum absolute atomic E-state index is 11.5. The van der Waals surface area contributed by atoms with E-state index in [4.69, 9.17) is 5.73 Å². The zero-order valence-electron chi connectivity index (χ0n) is 7.33. The topological polar surface area (TPSA) is 46.3 Å². The van der Waals surface area contributed by atoms with Crippen molar-refractivity contribution in [2.75, 3.05) is 13.1 Å². The van der Waals surface area contributed by atoms with Gasteiger partial charge in [-0.15, -0.1) is 6.58 Å². The molecule has 68 valence electrons. The highest BCUT2D eigenvalue weighted by Crippen LogP contribution is 2.09. The van der Waals surface area contributed by atoms with Crippen LogP contribution in [-0.4, -0.2) is 29.9 Å². The molecule has 0 aliphatic carbocycles. The molecule has 1 fully saturated rings. The monoisotopic (exact) mass is 168 g/mol. The van der Waals surface area contributed by atoms with Crippen molar-refractivity contribution in [1.82, 2.24) is 4.90 Å². The van der Waals surface area contributed by atoms with Crippen LogP contribution in [0.2, 0.25) is 0 Å². The third kappa shape index (κ3) is 2.08. The highest BCUT2D eigenvalue weighted by molar-refractivity contribution is 5.81. The summed E-state index contributed by atoms with van der Waals surface area (Å²) in [5.74, 6) is 0.0763. The van der Waals surface area contributed by atoms with E-state index in [2.05, 4.69) is 6.58 Å². The van der Waals surface area contributed by atoms with E-state index in [0.29, 0.717) is 6.54 Å². The van der Waals surface area contributed by atoms with E-state index in [1.807, 2.05) is 0 Å². The van der Waals surface area contributed by atoms with Crippen LogP contribution in [0, 0.1) is 0 Å². The molecule has 1 saturated heterocycles. The summed E-state index contributed by atoms with van der Waals surface area (Å²) in [5, 5.41) is 0. The van der Waals surface area contributed by atoms with Gasteiger partial charge in [-0.25, -0.2) is 0 Å². The molecule has 0 bridgehead atoms. The Morgan fingerprint density at radius 1 is 1.67 bits per heavy atom. The first kappa shape index (κ1) is 9.26. The van der Waals surface area contributed by atoms with Crippen molar-refractivity contribution in [3.63, 3.8) is 0 Å². The molecule has 0 spiro atoms. The van der Waals surface area contributed by atoms with Crippen LogP contribution in [0.15, 0.2) is 12.7 Å². The Bertz CT molecular complexity index is 179. The summed E-state index contributed by atoms with van der Waals surface area (Å²) >= 11 is 0. The number of hydrogen-bond donors (Lipinski definition) is 1. The minimum Gasteiger partial charge on any atom is -0.338 e. The number of carbonyl (C=O) groups is 1. The molecule has 1 rings (SSSR count). The number of hydrogen-bond acceptors (Lipinski definition) is 2. The Morgan fingerprint density at radius 3 is 3.08 bits per heavy atom. The maximum Gasteiger partial charge on any atom is 0.239 e. The first-order chi connectivity index (χ1) is 5.75. The van der Waals surface area contributed by atoms with Gasteiger partial charge < -0.3 is 10.6 Å². The van der Waals surface area contributed by atoms with E-state index >= 15 is 0 Å². The SMILES string of the molecule is C=CCN1CCCC[C@H](N)C1=O. The average molecular weight is 168 g/mol. The fourth-order valence-electron chi connectivity index (χ4n) is 1.47. The second-order valence-corrected chi connectivity index (χ2v) is 3.18. The molecule has 1 aliphatic rings. The minimum absolute atomic E-state index is 0.0763. The average Bonchev–Trinajstić information content (AvgIpc) is 2.20. The fraction of sp³-hybridized carbons (Fsp3) is 0.667. The molecule has 1 atom stereocenters. The van der Waals surface area contributed by atoms with Gasteiger partial charge in [0.25, 0.3) is 0 Å². The van der Waals surface area contributed by atoms with Gasteiger partial charge in [0, 0.05) is 13.1 Å². The number of rotatable bonds is 2. The van der Waals surface area contributed by atoms with Gasteiger partial charge in [-0.1, -0.05) is 6.08 Å². The van der Waals surface area contributed by atoms with E-state index in [-0.39, 0.29) is 11.9 Å². The third-order valence-electron chi connectivity index (χ3n) is 2.17. The maximum atomic E-state index is 11.5. The van der Waals surface area contributed by atoms with E-state index < -0.39 is 0 Å². The zero-order chi connectivity index (χ0) is 8.97. The summed E-state index contributed by atoms with van der Waals surface area (Å²) < 4.78 is 0. The molecule has 0 aromatic heterocycles. The lowest BCUT2D eigenvalue weighted by Gasteiger charge is -2.20. The Labute approximate surface area is 73.2 Å². The van der Waals surface area contributed by atoms with Crippen LogP contribution in [0.5, 0.6) is 0 Å².